The molecule has 0 aliphatic heterocycles. The molecular weight excluding hydrogens is 394 g/mol. The van der Waals surface area contributed by atoms with Crippen molar-refractivity contribution in [3.8, 4) is 22.6 Å². The summed E-state index contributed by atoms with van der Waals surface area (Å²) in [5, 5.41) is 7.30. The third kappa shape index (κ3) is 3.64. The number of fused-ring (bicyclic) bond motifs is 1. The van der Waals surface area contributed by atoms with E-state index in [9.17, 15) is 4.79 Å². The van der Waals surface area contributed by atoms with Crippen molar-refractivity contribution < 1.29 is 9.21 Å². The number of amides is 1. The summed E-state index contributed by atoms with van der Waals surface area (Å²) < 4.78 is 6.99. The highest BCUT2D eigenvalue weighted by Gasteiger charge is 2.17. The zero-order valence-electron chi connectivity index (χ0n) is 16.8. The van der Waals surface area contributed by atoms with Gasteiger partial charge in [0.2, 0.25) is 11.6 Å². The number of aryl methyl sites for hydroxylation is 2. The summed E-state index contributed by atoms with van der Waals surface area (Å²) in [6.45, 7) is 3.42. The maximum atomic E-state index is 12.5. The molecule has 0 aliphatic rings. The summed E-state index contributed by atoms with van der Waals surface area (Å²) in [6, 6.07) is 13.3. The summed E-state index contributed by atoms with van der Waals surface area (Å²) in [5.41, 5.74) is 3.55. The number of rotatable bonds is 4. The second kappa shape index (κ2) is 7.45. The van der Waals surface area contributed by atoms with Crippen molar-refractivity contribution in [2.45, 2.75) is 13.8 Å². The SMILES string of the molecule is Cc1nc(C)c(C(=O)Nc2ccnc(-c3nc4ncc(-c5ccccc5)cn4n3)c2)o1. The highest BCUT2D eigenvalue weighted by Crippen LogP contribution is 2.21. The van der Waals surface area contributed by atoms with E-state index < -0.39 is 0 Å². The number of hydrogen-bond acceptors (Lipinski definition) is 7. The van der Waals surface area contributed by atoms with Crippen LogP contribution in [0.1, 0.15) is 22.1 Å². The second-order valence-electron chi connectivity index (χ2n) is 6.92. The molecule has 1 aromatic carbocycles. The minimum atomic E-state index is -0.382. The first-order chi connectivity index (χ1) is 15.1. The zero-order valence-corrected chi connectivity index (χ0v) is 16.8. The van der Waals surface area contributed by atoms with Gasteiger partial charge in [-0.15, -0.1) is 5.10 Å². The molecule has 4 heterocycles. The van der Waals surface area contributed by atoms with Crippen LogP contribution in [0, 0.1) is 13.8 Å². The van der Waals surface area contributed by atoms with Gasteiger partial charge in [0, 0.05) is 36.8 Å². The molecule has 0 spiro atoms. The first-order valence-corrected chi connectivity index (χ1v) is 9.56. The van der Waals surface area contributed by atoms with Crippen molar-refractivity contribution in [3.63, 3.8) is 0 Å². The monoisotopic (exact) mass is 411 g/mol. The lowest BCUT2D eigenvalue weighted by Crippen LogP contribution is -2.12. The Balaban J connectivity index is 1.44. The van der Waals surface area contributed by atoms with Gasteiger partial charge in [0.25, 0.3) is 11.7 Å². The maximum absolute atomic E-state index is 12.5. The van der Waals surface area contributed by atoms with Crippen molar-refractivity contribution in [2.24, 2.45) is 0 Å². The van der Waals surface area contributed by atoms with Crippen LogP contribution in [0.4, 0.5) is 5.69 Å². The third-order valence-corrected chi connectivity index (χ3v) is 4.66. The smallest absolute Gasteiger partial charge is 0.293 e. The van der Waals surface area contributed by atoms with Crippen molar-refractivity contribution in [1.82, 2.24) is 29.5 Å². The quantitative estimate of drug-likeness (QED) is 0.480. The van der Waals surface area contributed by atoms with E-state index in [1.807, 2.05) is 36.5 Å². The minimum absolute atomic E-state index is 0.180. The highest BCUT2D eigenvalue weighted by molar-refractivity contribution is 6.03. The molecule has 0 bridgehead atoms. The van der Waals surface area contributed by atoms with Crippen molar-refractivity contribution in [2.75, 3.05) is 5.32 Å². The van der Waals surface area contributed by atoms with E-state index in [-0.39, 0.29) is 11.7 Å². The summed E-state index contributed by atoms with van der Waals surface area (Å²) in [7, 11) is 0. The number of carbonyl (C=O) groups excluding carboxylic acids is 1. The number of nitrogens with zero attached hydrogens (tertiary/aromatic N) is 6. The number of aromatic nitrogens is 6. The molecule has 0 unspecified atom stereocenters. The van der Waals surface area contributed by atoms with Crippen LogP contribution < -0.4 is 5.32 Å². The molecule has 0 aliphatic carbocycles. The van der Waals surface area contributed by atoms with E-state index in [0.717, 1.165) is 11.1 Å². The van der Waals surface area contributed by atoms with Crippen molar-refractivity contribution in [1.29, 1.82) is 0 Å². The maximum Gasteiger partial charge on any atom is 0.293 e. The fourth-order valence-electron chi connectivity index (χ4n) is 3.23. The van der Waals surface area contributed by atoms with E-state index >= 15 is 0 Å². The van der Waals surface area contributed by atoms with Crippen LogP contribution in [0.15, 0.2) is 65.5 Å². The Bertz CT molecular complexity index is 1410. The Hall–Kier alpha value is -4.40. The number of oxazole rings is 1. The Morgan fingerprint density at radius 2 is 1.87 bits per heavy atom. The molecule has 0 saturated carbocycles. The molecule has 0 atom stereocenters. The van der Waals surface area contributed by atoms with Gasteiger partial charge in [0.05, 0.1) is 5.69 Å². The van der Waals surface area contributed by atoms with Crippen LogP contribution in [0.5, 0.6) is 0 Å². The average Bonchev–Trinajstić information content (AvgIpc) is 3.36. The van der Waals surface area contributed by atoms with Gasteiger partial charge in [-0.1, -0.05) is 30.3 Å². The van der Waals surface area contributed by atoms with Gasteiger partial charge in [0.15, 0.2) is 5.89 Å². The molecule has 1 N–H and O–H groups in total. The third-order valence-electron chi connectivity index (χ3n) is 4.66. The summed E-state index contributed by atoms with van der Waals surface area (Å²) in [6.07, 6.45) is 5.21. The Labute approximate surface area is 176 Å². The molecule has 152 valence electrons. The number of pyridine rings is 1. The van der Waals surface area contributed by atoms with Gasteiger partial charge in [-0.05, 0) is 24.6 Å². The van der Waals surface area contributed by atoms with Gasteiger partial charge in [-0.3, -0.25) is 9.78 Å². The Kier molecular flexibility index (Phi) is 4.47. The summed E-state index contributed by atoms with van der Waals surface area (Å²) >= 11 is 0. The van der Waals surface area contributed by atoms with Gasteiger partial charge in [-0.25, -0.2) is 14.5 Å². The number of hydrogen-bond donors (Lipinski definition) is 1. The number of nitrogens with one attached hydrogen (secondary N) is 1. The molecule has 9 heteroatoms. The van der Waals surface area contributed by atoms with E-state index in [2.05, 4.69) is 30.4 Å². The first-order valence-electron chi connectivity index (χ1n) is 9.56. The van der Waals surface area contributed by atoms with Gasteiger partial charge in [-0.2, -0.15) is 4.98 Å². The molecule has 0 fully saturated rings. The van der Waals surface area contributed by atoms with E-state index in [0.29, 0.717) is 34.6 Å². The van der Waals surface area contributed by atoms with Gasteiger partial charge in [0.1, 0.15) is 5.69 Å². The summed E-state index contributed by atoms with van der Waals surface area (Å²) in [5.74, 6) is 1.10. The first kappa shape index (κ1) is 18.6. The predicted octanol–water partition coefficient (Wildman–Crippen LogP) is 3.71. The molecule has 5 rings (SSSR count). The minimum Gasteiger partial charge on any atom is -0.436 e. The van der Waals surface area contributed by atoms with Crippen LogP contribution in [-0.4, -0.2) is 35.5 Å². The van der Waals surface area contributed by atoms with Crippen molar-refractivity contribution in [3.05, 3.63) is 78.4 Å². The topological polar surface area (TPSA) is 111 Å². The lowest BCUT2D eigenvalue weighted by Gasteiger charge is -2.04. The van der Waals surface area contributed by atoms with Crippen LogP contribution >= 0.6 is 0 Å². The standard InChI is InChI=1S/C22H17N7O2/c1-13-19(31-14(2)25-13)21(30)26-17-8-9-23-18(10-17)20-27-22-24-11-16(12-29(22)28-20)15-6-4-3-5-7-15/h3-12H,1-2H3,(H,23,26,30). The normalized spacial score (nSPS) is 11.0. The molecule has 9 nitrogen and oxygen atoms in total. The molecular formula is C22H17N7O2. The molecule has 5 aromatic rings. The molecule has 0 radical (unpaired) electrons. The fourth-order valence-corrected chi connectivity index (χ4v) is 3.23. The predicted molar refractivity (Wildman–Crippen MR) is 113 cm³/mol. The molecule has 31 heavy (non-hydrogen) atoms. The number of benzene rings is 1. The largest absolute Gasteiger partial charge is 0.436 e. The van der Waals surface area contributed by atoms with E-state index in [4.69, 9.17) is 4.42 Å². The van der Waals surface area contributed by atoms with Gasteiger partial charge >= 0.3 is 0 Å². The van der Waals surface area contributed by atoms with E-state index in [1.54, 1.807) is 42.9 Å². The summed E-state index contributed by atoms with van der Waals surface area (Å²) in [4.78, 5) is 29.8. The van der Waals surface area contributed by atoms with Crippen LogP contribution in [0.2, 0.25) is 0 Å². The van der Waals surface area contributed by atoms with Crippen molar-refractivity contribution >= 4 is 17.4 Å². The van der Waals surface area contributed by atoms with Crippen LogP contribution in [-0.2, 0) is 0 Å². The van der Waals surface area contributed by atoms with Crippen LogP contribution in [0.25, 0.3) is 28.4 Å². The molecule has 0 saturated heterocycles. The fraction of sp³-hybridized carbons (Fsp3) is 0.0909. The lowest BCUT2D eigenvalue weighted by molar-refractivity contribution is 0.0994. The highest BCUT2D eigenvalue weighted by atomic mass is 16.4. The average molecular weight is 411 g/mol. The zero-order chi connectivity index (χ0) is 21.4. The van der Waals surface area contributed by atoms with Crippen LogP contribution in [0.3, 0.4) is 0 Å². The molecule has 1 amide bonds. The van der Waals surface area contributed by atoms with Gasteiger partial charge < -0.3 is 9.73 Å². The Morgan fingerprint density at radius 1 is 1.03 bits per heavy atom. The number of carbonyl (C=O) groups is 1. The lowest BCUT2D eigenvalue weighted by atomic mass is 10.1. The number of anilines is 1. The Morgan fingerprint density at radius 3 is 2.65 bits per heavy atom. The molecule has 4 aromatic heterocycles. The van der Waals surface area contributed by atoms with E-state index in [1.165, 1.54) is 0 Å². The second-order valence-corrected chi connectivity index (χ2v) is 6.92.